The molecule has 0 amide bonds. The van der Waals surface area contributed by atoms with Crippen LogP contribution in [0.2, 0.25) is 5.02 Å². The van der Waals surface area contributed by atoms with Crippen molar-refractivity contribution in [3.8, 4) is 11.1 Å². The maximum Gasteiger partial charge on any atom is 0.145 e. The van der Waals surface area contributed by atoms with E-state index in [1.54, 1.807) is 0 Å². The fourth-order valence-corrected chi connectivity index (χ4v) is 5.14. The van der Waals surface area contributed by atoms with E-state index in [-0.39, 0.29) is 17.0 Å². The van der Waals surface area contributed by atoms with Gasteiger partial charge in [-0.3, -0.25) is 0 Å². The molecule has 5 heteroatoms. The van der Waals surface area contributed by atoms with Gasteiger partial charge in [0.2, 0.25) is 0 Å². The summed E-state index contributed by atoms with van der Waals surface area (Å²) in [6, 6.07) is 3.14. The molecule has 3 atom stereocenters. The van der Waals surface area contributed by atoms with Crippen LogP contribution in [0.25, 0.3) is 11.1 Å². The standard InChI is InChI=1S/C23H21ClF4/c1-2-3-12-4-6-15-13(8-12)5-7-16-17(15)11-18(25)21(23(16)28)14-9-19(26)22(24)20(27)10-14/h2-3,9-13,15H,4-8H2,1H3. The van der Waals surface area contributed by atoms with Gasteiger partial charge in [-0.25, -0.2) is 17.6 Å². The highest BCUT2D eigenvalue weighted by Crippen LogP contribution is 2.49. The van der Waals surface area contributed by atoms with E-state index in [0.29, 0.717) is 23.8 Å². The summed E-state index contributed by atoms with van der Waals surface area (Å²) in [5, 5.41) is -0.678. The second-order valence-corrected chi connectivity index (χ2v) is 8.25. The van der Waals surface area contributed by atoms with E-state index < -0.39 is 28.3 Å². The molecular weight excluding hydrogens is 388 g/mol. The van der Waals surface area contributed by atoms with Crippen LogP contribution in [-0.2, 0) is 6.42 Å². The van der Waals surface area contributed by atoms with E-state index in [1.165, 1.54) is 6.07 Å². The van der Waals surface area contributed by atoms with Crippen molar-refractivity contribution in [1.29, 1.82) is 0 Å². The smallest absolute Gasteiger partial charge is 0.145 e. The molecule has 0 bridgehead atoms. The molecule has 0 aromatic heterocycles. The van der Waals surface area contributed by atoms with Crippen LogP contribution in [0.5, 0.6) is 0 Å². The molecular formula is C23H21ClF4. The first-order chi connectivity index (χ1) is 13.4. The average Bonchev–Trinajstić information content (AvgIpc) is 2.66. The Morgan fingerprint density at radius 3 is 2.36 bits per heavy atom. The molecule has 0 radical (unpaired) electrons. The van der Waals surface area contributed by atoms with Gasteiger partial charge in [0.25, 0.3) is 0 Å². The maximum absolute atomic E-state index is 15.3. The molecule has 3 unspecified atom stereocenters. The van der Waals surface area contributed by atoms with Crippen molar-refractivity contribution in [3.05, 3.63) is 69.8 Å². The minimum Gasteiger partial charge on any atom is -0.206 e. The lowest BCUT2D eigenvalue weighted by molar-refractivity contribution is 0.234. The quantitative estimate of drug-likeness (QED) is 0.273. The van der Waals surface area contributed by atoms with Gasteiger partial charge >= 0.3 is 0 Å². The van der Waals surface area contributed by atoms with E-state index >= 15 is 4.39 Å². The average molecular weight is 409 g/mol. The van der Waals surface area contributed by atoms with Crippen LogP contribution in [-0.4, -0.2) is 0 Å². The largest absolute Gasteiger partial charge is 0.206 e. The predicted molar refractivity (Wildman–Crippen MR) is 103 cm³/mol. The molecule has 0 spiro atoms. The van der Waals surface area contributed by atoms with Crippen LogP contribution < -0.4 is 0 Å². The molecule has 4 rings (SSSR count). The highest BCUT2D eigenvalue weighted by molar-refractivity contribution is 6.31. The molecule has 0 aliphatic heterocycles. The lowest BCUT2D eigenvalue weighted by Gasteiger charge is -2.40. The number of hydrogen-bond acceptors (Lipinski definition) is 0. The second kappa shape index (κ2) is 7.55. The van der Waals surface area contributed by atoms with Crippen molar-refractivity contribution in [2.24, 2.45) is 11.8 Å². The summed E-state index contributed by atoms with van der Waals surface area (Å²) in [5.74, 6) is -2.47. The summed E-state index contributed by atoms with van der Waals surface area (Å²) in [6.07, 6.45) is 8.58. The van der Waals surface area contributed by atoms with Crippen LogP contribution in [0.15, 0.2) is 30.4 Å². The minimum atomic E-state index is -1.03. The van der Waals surface area contributed by atoms with Crippen molar-refractivity contribution in [1.82, 2.24) is 0 Å². The third-order valence-electron chi connectivity index (χ3n) is 6.28. The zero-order chi connectivity index (χ0) is 20.0. The SMILES string of the molecule is CC=CC1CCC2c3cc(F)c(-c4cc(F)c(Cl)c(F)c4)c(F)c3CCC2C1. The molecule has 0 N–H and O–H groups in total. The zero-order valence-corrected chi connectivity index (χ0v) is 16.3. The summed E-state index contributed by atoms with van der Waals surface area (Å²) >= 11 is 5.50. The summed E-state index contributed by atoms with van der Waals surface area (Å²) in [5.41, 5.74) is 0.659. The van der Waals surface area contributed by atoms with E-state index in [0.717, 1.165) is 43.4 Å². The first kappa shape index (κ1) is 19.5. The summed E-state index contributed by atoms with van der Waals surface area (Å²) in [6.45, 7) is 2.01. The van der Waals surface area contributed by atoms with E-state index in [4.69, 9.17) is 11.6 Å². The Morgan fingerprint density at radius 1 is 0.964 bits per heavy atom. The van der Waals surface area contributed by atoms with Gasteiger partial charge < -0.3 is 0 Å². The fraction of sp³-hybridized carbons (Fsp3) is 0.391. The first-order valence-corrected chi connectivity index (χ1v) is 10.1. The molecule has 1 fully saturated rings. The van der Waals surface area contributed by atoms with Crippen LogP contribution in [0.1, 0.15) is 49.7 Å². The predicted octanol–water partition coefficient (Wildman–Crippen LogP) is 7.59. The Morgan fingerprint density at radius 2 is 1.68 bits per heavy atom. The molecule has 2 aromatic rings. The normalized spacial score (nSPS) is 24.3. The zero-order valence-electron chi connectivity index (χ0n) is 15.5. The molecule has 0 saturated heterocycles. The molecule has 0 heterocycles. The first-order valence-electron chi connectivity index (χ1n) is 9.69. The van der Waals surface area contributed by atoms with E-state index in [1.807, 2.05) is 6.92 Å². The van der Waals surface area contributed by atoms with Crippen LogP contribution >= 0.6 is 11.6 Å². The fourth-order valence-electron chi connectivity index (χ4n) is 5.03. The number of hydrogen-bond donors (Lipinski definition) is 0. The molecule has 2 aliphatic rings. The highest BCUT2D eigenvalue weighted by Gasteiger charge is 2.37. The summed E-state index contributed by atoms with van der Waals surface area (Å²) in [7, 11) is 0. The van der Waals surface area contributed by atoms with Gasteiger partial charge in [0, 0.05) is 0 Å². The van der Waals surface area contributed by atoms with Gasteiger partial charge in [0.15, 0.2) is 0 Å². The molecule has 0 nitrogen and oxygen atoms in total. The molecule has 28 heavy (non-hydrogen) atoms. The third kappa shape index (κ3) is 3.26. The Balaban J connectivity index is 1.76. The van der Waals surface area contributed by atoms with Crippen LogP contribution in [0.4, 0.5) is 17.6 Å². The van der Waals surface area contributed by atoms with Gasteiger partial charge in [0.05, 0.1) is 5.56 Å². The molecule has 2 aliphatic carbocycles. The molecule has 148 valence electrons. The third-order valence-corrected chi connectivity index (χ3v) is 6.64. The monoisotopic (exact) mass is 408 g/mol. The van der Waals surface area contributed by atoms with Gasteiger partial charge in [0.1, 0.15) is 28.3 Å². The van der Waals surface area contributed by atoms with Gasteiger partial charge in [-0.05, 0) is 91.7 Å². The van der Waals surface area contributed by atoms with Gasteiger partial charge in [-0.2, -0.15) is 0 Å². The Bertz CT molecular complexity index is 927. The van der Waals surface area contributed by atoms with Crippen LogP contribution in [0.3, 0.4) is 0 Å². The Labute approximate surface area is 167 Å². The van der Waals surface area contributed by atoms with Crippen LogP contribution in [0, 0.1) is 35.1 Å². The van der Waals surface area contributed by atoms with Gasteiger partial charge in [-0.1, -0.05) is 23.8 Å². The molecule has 1 saturated carbocycles. The number of rotatable bonds is 2. The lowest BCUT2D eigenvalue weighted by Crippen LogP contribution is -2.28. The van der Waals surface area contributed by atoms with Crippen molar-refractivity contribution in [2.75, 3.05) is 0 Å². The van der Waals surface area contributed by atoms with E-state index in [2.05, 4.69) is 12.2 Å². The maximum atomic E-state index is 15.3. The van der Waals surface area contributed by atoms with Crippen molar-refractivity contribution >= 4 is 11.6 Å². The topological polar surface area (TPSA) is 0 Å². The number of halogens is 5. The highest BCUT2D eigenvalue weighted by atomic mass is 35.5. The van der Waals surface area contributed by atoms with Gasteiger partial charge in [-0.15, -0.1) is 0 Å². The van der Waals surface area contributed by atoms with E-state index in [9.17, 15) is 13.2 Å². The second-order valence-electron chi connectivity index (χ2n) is 7.87. The van der Waals surface area contributed by atoms with Crippen molar-refractivity contribution in [2.45, 2.75) is 44.9 Å². The summed E-state index contributed by atoms with van der Waals surface area (Å²) < 4.78 is 57.9. The Hall–Kier alpha value is -1.81. The van der Waals surface area contributed by atoms with Crippen molar-refractivity contribution < 1.29 is 17.6 Å². The van der Waals surface area contributed by atoms with Crippen molar-refractivity contribution in [3.63, 3.8) is 0 Å². The Kier molecular flexibility index (Phi) is 5.26. The minimum absolute atomic E-state index is 0.141. The summed E-state index contributed by atoms with van der Waals surface area (Å²) in [4.78, 5) is 0. The number of benzene rings is 2. The lowest BCUT2D eigenvalue weighted by atomic mass is 9.65. The number of fused-ring (bicyclic) bond motifs is 3. The number of allylic oxidation sites excluding steroid dienone is 2. The molecule has 2 aromatic carbocycles.